The van der Waals surface area contributed by atoms with Gasteiger partial charge in [0.15, 0.2) is 0 Å². The quantitative estimate of drug-likeness (QED) is 0.882. The number of carbonyl (C=O) groups excluding carboxylic acids is 1. The van der Waals surface area contributed by atoms with Crippen LogP contribution in [-0.4, -0.2) is 29.4 Å². The van der Waals surface area contributed by atoms with Crippen molar-refractivity contribution in [2.24, 2.45) is 0 Å². The number of amides is 1. The van der Waals surface area contributed by atoms with E-state index < -0.39 is 0 Å². The highest BCUT2D eigenvalue weighted by Gasteiger charge is 2.30. The third-order valence-electron chi connectivity index (χ3n) is 5.01. The molecular formula is C21H25ClN2O. The predicted molar refractivity (Wildman–Crippen MR) is 103 cm³/mol. The minimum absolute atomic E-state index is 0.0126. The smallest absolute Gasteiger partial charge is 0.224 e. The van der Waals surface area contributed by atoms with Gasteiger partial charge in [0.05, 0.1) is 6.42 Å². The summed E-state index contributed by atoms with van der Waals surface area (Å²) >= 11 is 6.14. The number of nitrogens with one attached hydrogen (secondary N) is 1. The van der Waals surface area contributed by atoms with E-state index >= 15 is 0 Å². The molecule has 0 saturated carbocycles. The van der Waals surface area contributed by atoms with Crippen LogP contribution in [-0.2, 0) is 24.2 Å². The van der Waals surface area contributed by atoms with E-state index in [4.69, 9.17) is 11.6 Å². The molecule has 0 bridgehead atoms. The first kappa shape index (κ1) is 18.0. The molecule has 1 amide bonds. The summed E-state index contributed by atoms with van der Waals surface area (Å²) in [5.74, 6) is 0.0126. The van der Waals surface area contributed by atoms with Crippen LogP contribution in [0.5, 0.6) is 0 Å². The largest absolute Gasteiger partial charge is 0.354 e. The molecule has 0 aliphatic carbocycles. The first-order chi connectivity index (χ1) is 12.0. The van der Waals surface area contributed by atoms with Gasteiger partial charge in [-0.15, -0.1) is 0 Å². The summed E-state index contributed by atoms with van der Waals surface area (Å²) in [7, 11) is 0. The maximum absolute atomic E-state index is 12.3. The van der Waals surface area contributed by atoms with Crippen LogP contribution in [0, 0.1) is 0 Å². The lowest BCUT2D eigenvalue weighted by molar-refractivity contribution is -0.121. The minimum atomic E-state index is -0.0936. The van der Waals surface area contributed by atoms with Crippen LogP contribution in [0.1, 0.15) is 30.5 Å². The van der Waals surface area contributed by atoms with E-state index in [-0.39, 0.29) is 11.4 Å². The van der Waals surface area contributed by atoms with Gasteiger partial charge >= 0.3 is 0 Å². The molecule has 0 atom stereocenters. The molecule has 0 aromatic heterocycles. The van der Waals surface area contributed by atoms with Crippen molar-refractivity contribution in [2.45, 2.75) is 38.8 Å². The molecule has 1 aliphatic heterocycles. The summed E-state index contributed by atoms with van der Waals surface area (Å²) in [6.07, 6.45) is 1.38. The molecule has 2 aromatic carbocycles. The van der Waals surface area contributed by atoms with Crippen LogP contribution in [0.3, 0.4) is 0 Å². The Kier molecular flexibility index (Phi) is 5.45. The molecule has 3 nitrogen and oxygen atoms in total. The molecule has 132 valence electrons. The van der Waals surface area contributed by atoms with Gasteiger partial charge in [0.1, 0.15) is 0 Å². The number of hydrogen-bond donors (Lipinski definition) is 1. The normalized spacial score (nSPS) is 14.8. The second-order valence-electron chi connectivity index (χ2n) is 7.30. The van der Waals surface area contributed by atoms with Gasteiger partial charge in [0, 0.05) is 30.2 Å². The highest BCUT2D eigenvalue weighted by molar-refractivity contribution is 6.31. The van der Waals surface area contributed by atoms with Crippen LogP contribution < -0.4 is 5.32 Å². The number of fused-ring (bicyclic) bond motifs is 1. The third kappa shape index (κ3) is 4.42. The van der Waals surface area contributed by atoms with Crippen molar-refractivity contribution in [1.29, 1.82) is 0 Å². The molecule has 25 heavy (non-hydrogen) atoms. The van der Waals surface area contributed by atoms with Gasteiger partial charge in [0.25, 0.3) is 0 Å². The van der Waals surface area contributed by atoms with E-state index in [2.05, 4.69) is 48.3 Å². The molecule has 1 heterocycles. The zero-order valence-corrected chi connectivity index (χ0v) is 15.6. The summed E-state index contributed by atoms with van der Waals surface area (Å²) < 4.78 is 0. The Morgan fingerprint density at radius 1 is 1.12 bits per heavy atom. The standard InChI is InChI=1S/C21H25ClN2O/c1-21(2,24-12-11-16-7-3-4-9-18(16)14-24)15-23-20(25)13-17-8-5-6-10-19(17)22/h3-10H,11-15H2,1-2H3,(H,23,25). The summed E-state index contributed by atoms with van der Waals surface area (Å²) in [6, 6.07) is 16.1. The second-order valence-corrected chi connectivity index (χ2v) is 7.70. The lowest BCUT2D eigenvalue weighted by atomic mass is 9.94. The molecule has 0 radical (unpaired) electrons. The van der Waals surface area contributed by atoms with E-state index in [1.165, 1.54) is 11.1 Å². The number of carbonyl (C=O) groups is 1. The van der Waals surface area contributed by atoms with Crippen molar-refractivity contribution in [1.82, 2.24) is 10.2 Å². The van der Waals surface area contributed by atoms with E-state index in [1.54, 1.807) is 0 Å². The van der Waals surface area contributed by atoms with Gasteiger partial charge in [-0.25, -0.2) is 0 Å². The average Bonchev–Trinajstić information content (AvgIpc) is 2.62. The maximum atomic E-state index is 12.3. The molecule has 0 unspecified atom stereocenters. The van der Waals surface area contributed by atoms with Crippen LogP contribution in [0.25, 0.3) is 0 Å². The van der Waals surface area contributed by atoms with Gasteiger partial charge < -0.3 is 5.32 Å². The number of halogens is 1. The Labute approximate surface area is 155 Å². The fourth-order valence-electron chi connectivity index (χ4n) is 3.32. The zero-order valence-electron chi connectivity index (χ0n) is 14.9. The number of nitrogens with zero attached hydrogens (tertiary/aromatic N) is 1. The molecule has 2 aromatic rings. The SMILES string of the molecule is CC(C)(CNC(=O)Cc1ccccc1Cl)N1CCc2ccccc2C1. The predicted octanol–water partition coefficient (Wildman–Crippen LogP) is 3.84. The summed E-state index contributed by atoms with van der Waals surface area (Å²) in [5, 5.41) is 3.72. The van der Waals surface area contributed by atoms with Crippen molar-refractivity contribution in [3.63, 3.8) is 0 Å². The fraction of sp³-hybridized carbons (Fsp3) is 0.381. The molecule has 1 aliphatic rings. The summed E-state index contributed by atoms with van der Waals surface area (Å²) in [4.78, 5) is 14.8. The van der Waals surface area contributed by atoms with Gasteiger partial charge in [-0.2, -0.15) is 0 Å². The van der Waals surface area contributed by atoms with Crippen molar-refractivity contribution >= 4 is 17.5 Å². The number of rotatable bonds is 5. The van der Waals surface area contributed by atoms with E-state index in [0.717, 1.165) is 25.1 Å². The Morgan fingerprint density at radius 3 is 2.56 bits per heavy atom. The molecule has 1 N–H and O–H groups in total. The van der Waals surface area contributed by atoms with Gasteiger partial charge in [-0.3, -0.25) is 9.69 Å². The van der Waals surface area contributed by atoms with Crippen LogP contribution >= 0.6 is 11.6 Å². The van der Waals surface area contributed by atoms with Crippen LogP contribution in [0.2, 0.25) is 5.02 Å². The van der Waals surface area contributed by atoms with E-state index in [0.29, 0.717) is 18.0 Å². The molecule has 0 saturated heterocycles. The fourth-order valence-corrected chi connectivity index (χ4v) is 3.52. The highest BCUT2D eigenvalue weighted by atomic mass is 35.5. The van der Waals surface area contributed by atoms with Crippen LogP contribution in [0.4, 0.5) is 0 Å². The molecule has 3 rings (SSSR count). The summed E-state index contributed by atoms with van der Waals surface area (Å²) in [6.45, 7) is 6.96. The van der Waals surface area contributed by atoms with Crippen LogP contribution in [0.15, 0.2) is 48.5 Å². The number of hydrogen-bond acceptors (Lipinski definition) is 2. The van der Waals surface area contributed by atoms with Crippen molar-refractivity contribution in [3.8, 4) is 0 Å². The third-order valence-corrected chi connectivity index (χ3v) is 5.38. The zero-order chi connectivity index (χ0) is 17.9. The van der Waals surface area contributed by atoms with E-state index in [9.17, 15) is 4.79 Å². The number of benzene rings is 2. The molecule has 0 spiro atoms. The monoisotopic (exact) mass is 356 g/mol. The van der Waals surface area contributed by atoms with E-state index in [1.807, 2.05) is 24.3 Å². The van der Waals surface area contributed by atoms with Gasteiger partial charge in [0.2, 0.25) is 5.91 Å². The van der Waals surface area contributed by atoms with Gasteiger partial charge in [-0.1, -0.05) is 54.1 Å². The molecule has 4 heteroatoms. The van der Waals surface area contributed by atoms with Crippen molar-refractivity contribution in [3.05, 3.63) is 70.2 Å². The lowest BCUT2D eigenvalue weighted by Crippen LogP contribution is -2.53. The lowest BCUT2D eigenvalue weighted by Gasteiger charge is -2.41. The van der Waals surface area contributed by atoms with Crippen molar-refractivity contribution < 1.29 is 4.79 Å². The second kappa shape index (κ2) is 7.59. The Bertz CT molecular complexity index is 757. The Morgan fingerprint density at radius 2 is 1.80 bits per heavy atom. The van der Waals surface area contributed by atoms with Crippen molar-refractivity contribution in [2.75, 3.05) is 13.1 Å². The Balaban J connectivity index is 1.57. The topological polar surface area (TPSA) is 32.3 Å². The highest BCUT2D eigenvalue weighted by Crippen LogP contribution is 2.25. The Hall–Kier alpha value is -1.84. The molecule has 0 fully saturated rings. The average molecular weight is 357 g/mol. The molecular weight excluding hydrogens is 332 g/mol. The first-order valence-electron chi connectivity index (χ1n) is 8.78. The minimum Gasteiger partial charge on any atom is -0.354 e. The van der Waals surface area contributed by atoms with Gasteiger partial charge in [-0.05, 0) is 43.0 Å². The first-order valence-corrected chi connectivity index (χ1v) is 9.15. The maximum Gasteiger partial charge on any atom is 0.224 e. The summed E-state index contributed by atoms with van der Waals surface area (Å²) in [5.41, 5.74) is 3.61.